The smallest absolute Gasteiger partial charge is 0.332 e. The minimum atomic E-state index is -1.03. The van der Waals surface area contributed by atoms with Crippen LogP contribution in [0, 0.1) is 0 Å². The molecule has 6 heterocycles. The predicted octanol–water partition coefficient (Wildman–Crippen LogP) is 20.0. The summed E-state index contributed by atoms with van der Waals surface area (Å²) in [6.45, 7) is 2.23. The summed E-state index contributed by atoms with van der Waals surface area (Å²) in [6, 6.07) is 49.6. The summed E-state index contributed by atoms with van der Waals surface area (Å²) in [6.07, 6.45) is 7.01. The molecule has 8 aromatic carbocycles. The lowest BCUT2D eigenvalue weighted by molar-refractivity contribution is -0.142. The number of hydrogen-bond donors (Lipinski definition) is 4. The molecule has 0 bridgehead atoms. The fourth-order valence-corrected chi connectivity index (χ4v) is 16.1. The van der Waals surface area contributed by atoms with Crippen LogP contribution in [0.2, 0.25) is 30.1 Å². The molecule has 528 valence electrons. The summed E-state index contributed by atoms with van der Waals surface area (Å²) in [4.78, 5) is 104. The molecule has 0 aromatic heterocycles. The number of aliphatic carboxylic acids is 2. The van der Waals surface area contributed by atoms with E-state index in [-0.39, 0.29) is 47.5 Å². The Morgan fingerprint density at radius 2 is 0.804 bits per heavy atom. The topological polar surface area (TPSA) is 217 Å². The van der Waals surface area contributed by atoms with Gasteiger partial charge in [0.25, 0.3) is 11.8 Å². The highest BCUT2D eigenvalue weighted by atomic mass is 79.9. The van der Waals surface area contributed by atoms with Crippen molar-refractivity contribution in [2.45, 2.75) is 73.5 Å². The molecule has 8 atom stereocenters. The first-order valence-electron chi connectivity index (χ1n) is 31.6. The number of benzene rings is 8. The molecule has 6 fully saturated rings. The highest BCUT2D eigenvalue weighted by Crippen LogP contribution is 2.44. The third-order valence-electron chi connectivity index (χ3n) is 17.8. The lowest BCUT2D eigenvalue weighted by Crippen LogP contribution is -2.44. The number of amides is 8. The van der Waals surface area contributed by atoms with Gasteiger partial charge in [0.2, 0.25) is 0 Å². The van der Waals surface area contributed by atoms with Crippen LogP contribution in [0.4, 0.5) is 31.4 Å². The van der Waals surface area contributed by atoms with Gasteiger partial charge in [0.15, 0.2) is 0 Å². The van der Waals surface area contributed by atoms with Crippen LogP contribution in [0.1, 0.15) is 77.2 Å². The number of anilines is 3. The zero-order chi connectivity index (χ0) is 73.2. The quantitative estimate of drug-likeness (QED) is 0.0542. The second-order valence-electron chi connectivity index (χ2n) is 24.1. The maximum atomic E-state index is 13.0. The van der Waals surface area contributed by atoms with Crippen molar-refractivity contribution < 1.29 is 48.6 Å². The van der Waals surface area contributed by atoms with Crippen molar-refractivity contribution in [2.24, 2.45) is 0 Å². The maximum Gasteiger partial charge on any atom is 0.332 e. The summed E-state index contributed by atoms with van der Waals surface area (Å²) in [5.41, 5.74) is 6.37. The molecule has 102 heavy (non-hydrogen) atoms. The lowest BCUT2D eigenvalue weighted by atomic mass is 9.91. The van der Waals surface area contributed by atoms with Crippen molar-refractivity contribution in [1.82, 2.24) is 20.0 Å². The molecule has 14 rings (SSSR count). The van der Waals surface area contributed by atoms with Crippen LogP contribution in [0.25, 0.3) is 6.08 Å². The number of hydrogen-bond acceptors (Lipinski definition) is 9. The number of halogens is 11. The summed E-state index contributed by atoms with van der Waals surface area (Å²) in [7, 11) is 0. The van der Waals surface area contributed by atoms with Crippen LogP contribution in [-0.4, -0.2) is 123 Å². The fraction of sp³-hybridized carbons (Fsp3) is 0.216. The monoisotopic (exact) mass is 1810 g/mol. The molecule has 17 nitrogen and oxygen atoms in total. The van der Waals surface area contributed by atoms with Gasteiger partial charge in [-0.15, -0.1) is 0 Å². The number of nitrogens with one attached hydrogen (secondary N) is 2. The first-order chi connectivity index (χ1) is 48.8. The fourth-order valence-electron chi connectivity index (χ4n) is 13.2. The van der Waals surface area contributed by atoms with Gasteiger partial charge in [0.05, 0.1) is 11.4 Å². The summed E-state index contributed by atoms with van der Waals surface area (Å²) >= 11 is 52.9. The van der Waals surface area contributed by atoms with E-state index in [0.717, 1.165) is 82.3 Å². The molecule has 8 aromatic rings. The molecule has 4 N–H and O–H groups in total. The van der Waals surface area contributed by atoms with Crippen molar-refractivity contribution >= 4 is 221 Å². The number of carbonyl (C=O) groups excluding carboxylic acids is 6. The van der Waals surface area contributed by atoms with Gasteiger partial charge in [-0.1, -0.05) is 216 Å². The minimum absolute atomic E-state index is 0.00999. The van der Waals surface area contributed by atoms with Crippen LogP contribution in [-0.2, 0) is 24.0 Å². The largest absolute Gasteiger partial charge is 0.480 e. The number of imide groups is 2. The van der Waals surface area contributed by atoms with E-state index in [1.807, 2.05) is 121 Å². The molecular weight excluding hydrogens is 1760 g/mol. The van der Waals surface area contributed by atoms with E-state index in [1.165, 1.54) is 20.8 Å². The van der Waals surface area contributed by atoms with E-state index in [1.54, 1.807) is 70.5 Å². The Morgan fingerprint density at radius 1 is 0.451 bits per heavy atom. The van der Waals surface area contributed by atoms with Crippen LogP contribution < -0.4 is 20.4 Å². The van der Waals surface area contributed by atoms with E-state index in [2.05, 4.69) is 90.3 Å². The molecule has 0 spiro atoms. The van der Waals surface area contributed by atoms with Crippen molar-refractivity contribution in [1.29, 1.82) is 0 Å². The molecule has 8 amide bonds. The number of fused-ring (bicyclic) bond motifs is 2. The normalized spacial score (nSPS) is 20.9. The number of nitrogens with zero attached hydrogens (tertiary/aromatic N) is 5. The van der Waals surface area contributed by atoms with Gasteiger partial charge < -0.3 is 35.5 Å². The molecule has 0 radical (unpaired) electrons. The number of aldehydes is 1. The minimum Gasteiger partial charge on any atom is -0.480 e. The van der Waals surface area contributed by atoms with Gasteiger partial charge in [-0.3, -0.25) is 19.2 Å². The number of urea groups is 3. The maximum absolute atomic E-state index is 13.0. The number of carboxylic acids is 2. The number of rotatable bonds is 11. The van der Waals surface area contributed by atoms with Crippen molar-refractivity contribution in [3.63, 3.8) is 0 Å². The number of allylic oxidation sites excluding steroid dienone is 1. The Labute approximate surface area is 660 Å². The van der Waals surface area contributed by atoms with Gasteiger partial charge in [0, 0.05) is 101 Å². The molecular formula is C74H60Br5Cl6N7O10. The third kappa shape index (κ3) is 19.1. The Kier molecular flexibility index (Phi) is 27.1. The molecule has 28 heteroatoms. The van der Waals surface area contributed by atoms with E-state index >= 15 is 0 Å². The van der Waals surface area contributed by atoms with E-state index in [4.69, 9.17) is 74.7 Å². The zero-order valence-corrected chi connectivity index (χ0v) is 65.8. The predicted molar refractivity (Wildman–Crippen MR) is 418 cm³/mol. The third-order valence-corrected chi connectivity index (χ3v) is 21.7. The van der Waals surface area contributed by atoms with Crippen molar-refractivity contribution in [2.75, 3.05) is 41.3 Å². The number of carbonyl (C=O) groups is 8. The summed E-state index contributed by atoms with van der Waals surface area (Å²) < 4.78 is 4.94. The zero-order valence-electron chi connectivity index (χ0n) is 53.3. The molecule has 6 aliphatic heterocycles. The standard InChI is InChI=1S/C18H15BrCl2N2O3.2C18H13BrCl2N2O2.C11H12BrNO2.C9H7BrO/c19-11-3-1-10(2-4-11)15-5-6-23(16(15)17(24)25)18(26)22-14-8-12(20)7-13(21)9-14;2*19-11-3-1-10(2-4-11)15-5-6-22-16(15)17(24)23(18(22)25)14-8-12(20)7-13(21)9-14;12-8-3-1-7(2-4-8)9-5-6-13-10(9)11(14)15;10-9-5-3-8(4-6-9)2-1-7-11/h1-4,7-9,15-16H,5-6H2,(H,22,26)(H,24,25);2*1-4,7-9,15-16H,5-6H2;1-4,9-10,13H,5-6H2,(H,14,15);1-7H/b;;;;2-1+. The van der Waals surface area contributed by atoms with Crippen molar-refractivity contribution in [3.05, 3.63) is 262 Å². The average Bonchev–Trinajstić information content (AvgIpc) is 1.59. The second kappa shape index (κ2) is 35.4. The lowest BCUT2D eigenvalue weighted by Gasteiger charge is -2.25. The summed E-state index contributed by atoms with van der Waals surface area (Å²) in [5, 5.41) is 26.7. The number of likely N-dealkylation sites (tertiary alicyclic amines) is 1. The van der Waals surface area contributed by atoms with Gasteiger partial charge in [-0.25, -0.2) is 29.0 Å². The molecule has 6 saturated heterocycles. The average molecular weight is 1820 g/mol. The van der Waals surface area contributed by atoms with Gasteiger partial charge in [0.1, 0.15) is 30.5 Å². The van der Waals surface area contributed by atoms with E-state index in [0.29, 0.717) is 73.3 Å². The SMILES string of the molecule is O=C(O)C1C(c2ccc(Br)cc2)CCN1C(=O)Nc1cc(Cl)cc(Cl)c1.O=C(O)C1NCCC1c1ccc(Br)cc1.O=C/C=C/c1ccc(Br)cc1.O=C1C2C(c3ccc(Br)cc3)CCN2C(=O)N1c1cc(Cl)cc(Cl)c1.O=C1C2C(c3ccc(Br)cc3)CCN2C(=O)N1c1cc(Cl)cc(Cl)c1. The first kappa shape index (κ1) is 78.0. The van der Waals surface area contributed by atoms with Crippen molar-refractivity contribution in [3.8, 4) is 0 Å². The van der Waals surface area contributed by atoms with E-state index < -0.39 is 42.1 Å². The molecule has 0 aliphatic carbocycles. The van der Waals surface area contributed by atoms with Crippen LogP contribution >= 0.6 is 149 Å². The Morgan fingerprint density at radius 3 is 1.18 bits per heavy atom. The first-order valence-corrected chi connectivity index (χ1v) is 37.8. The Bertz CT molecular complexity index is 4270. The highest BCUT2D eigenvalue weighted by molar-refractivity contribution is 9.11. The van der Waals surface area contributed by atoms with Gasteiger partial charge >= 0.3 is 30.0 Å². The van der Waals surface area contributed by atoms with E-state index in [9.17, 15) is 43.5 Å². The Balaban J connectivity index is 0.000000141. The van der Waals surface area contributed by atoms with Gasteiger partial charge in [-0.05, 0) is 181 Å². The molecule has 6 aliphatic rings. The van der Waals surface area contributed by atoms with Crippen LogP contribution in [0.3, 0.4) is 0 Å². The molecule has 0 saturated carbocycles. The van der Waals surface area contributed by atoms with Crippen LogP contribution in [0.15, 0.2) is 204 Å². The Hall–Kier alpha value is -6.64. The molecule has 8 unspecified atom stereocenters. The van der Waals surface area contributed by atoms with Gasteiger partial charge in [-0.2, -0.15) is 0 Å². The van der Waals surface area contributed by atoms with Crippen LogP contribution in [0.5, 0.6) is 0 Å². The summed E-state index contributed by atoms with van der Waals surface area (Å²) in [5.74, 6) is -2.45. The highest BCUT2D eigenvalue weighted by Gasteiger charge is 2.55. The second-order valence-corrected chi connectivity index (χ2v) is 31.3. The number of carboxylic acid groups (broad SMARTS) is 2.